The van der Waals surface area contributed by atoms with Gasteiger partial charge in [-0.3, -0.25) is 0 Å². The van der Waals surface area contributed by atoms with Crippen molar-refractivity contribution in [1.29, 1.82) is 5.26 Å². The van der Waals surface area contributed by atoms with Crippen LogP contribution in [-0.2, 0) is 0 Å². The van der Waals surface area contributed by atoms with Crippen LogP contribution in [0.1, 0.15) is 5.56 Å². The molecule has 40 heavy (non-hydrogen) atoms. The number of nitrogens with zero attached hydrogens (tertiary/aromatic N) is 3. The minimum atomic E-state index is 0.656. The Morgan fingerprint density at radius 3 is 1.35 bits per heavy atom. The molecule has 8 aromatic rings. The predicted octanol–water partition coefficient (Wildman–Crippen LogP) is 9.42. The molecule has 2 aromatic heterocycles. The Bertz CT molecular complexity index is 2180. The molecule has 186 valence electrons. The largest absolute Gasteiger partial charge is 0.309 e. The zero-order chi connectivity index (χ0) is 26.6. The van der Waals surface area contributed by atoms with E-state index in [-0.39, 0.29) is 0 Å². The van der Waals surface area contributed by atoms with Crippen LogP contribution in [0.25, 0.3) is 66.1 Å². The van der Waals surface area contributed by atoms with E-state index in [1.807, 2.05) is 6.07 Å². The highest BCUT2D eigenvalue weighted by Crippen LogP contribution is 2.36. The molecule has 8 rings (SSSR count). The molecule has 0 fully saturated rings. The minimum absolute atomic E-state index is 0.656. The highest BCUT2D eigenvalue weighted by atomic mass is 15.0. The highest BCUT2D eigenvalue weighted by molar-refractivity contribution is 6.10. The van der Waals surface area contributed by atoms with E-state index in [1.54, 1.807) is 0 Å². The number of hydrogen-bond donors (Lipinski definition) is 0. The van der Waals surface area contributed by atoms with Gasteiger partial charge in [0.05, 0.1) is 33.7 Å². The predicted molar refractivity (Wildman–Crippen MR) is 165 cm³/mol. The van der Waals surface area contributed by atoms with Crippen molar-refractivity contribution in [1.82, 2.24) is 9.13 Å². The van der Waals surface area contributed by atoms with Gasteiger partial charge in [0.1, 0.15) is 0 Å². The summed E-state index contributed by atoms with van der Waals surface area (Å²) in [7, 11) is 0. The van der Waals surface area contributed by atoms with Gasteiger partial charge in [0.15, 0.2) is 0 Å². The standard InChI is InChI=1S/C37H23N3/c38-24-26-20-21-28(40-36-18-7-3-14-31(36)32-15-4-8-19-37(32)40)23-33(26)25-10-9-11-27(22-25)39-34-16-5-1-12-29(34)30-13-2-6-17-35(30)39/h1-23H. The van der Waals surface area contributed by atoms with Gasteiger partial charge >= 0.3 is 0 Å². The third-order valence-electron chi connectivity index (χ3n) is 7.96. The molecule has 0 saturated heterocycles. The Morgan fingerprint density at radius 1 is 0.425 bits per heavy atom. The fraction of sp³-hybridized carbons (Fsp3) is 0. The maximum Gasteiger partial charge on any atom is 0.0998 e. The number of nitriles is 1. The van der Waals surface area contributed by atoms with Crippen molar-refractivity contribution >= 4 is 43.6 Å². The fourth-order valence-electron chi connectivity index (χ4n) is 6.22. The Kier molecular flexibility index (Phi) is 4.89. The van der Waals surface area contributed by atoms with E-state index in [1.165, 1.54) is 32.6 Å². The molecule has 0 radical (unpaired) electrons. The molecular weight excluding hydrogens is 486 g/mol. The number of hydrogen-bond acceptors (Lipinski definition) is 1. The fourth-order valence-corrected chi connectivity index (χ4v) is 6.22. The quantitative estimate of drug-likeness (QED) is 0.233. The number of rotatable bonds is 3. The van der Waals surface area contributed by atoms with E-state index in [2.05, 4.69) is 149 Å². The smallest absolute Gasteiger partial charge is 0.0998 e. The van der Waals surface area contributed by atoms with Crippen molar-refractivity contribution in [3.8, 4) is 28.6 Å². The Balaban J connectivity index is 1.36. The maximum absolute atomic E-state index is 10.1. The van der Waals surface area contributed by atoms with Crippen molar-refractivity contribution < 1.29 is 0 Å². The summed E-state index contributed by atoms with van der Waals surface area (Å²) in [6.45, 7) is 0. The van der Waals surface area contributed by atoms with E-state index in [9.17, 15) is 5.26 Å². The van der Waals surface area contributed by atoms with Gasteiger partial charge in [-0.05, 0) is 60.2 Å². The molecule has 0 amide bonds. The zero-order valence-corrected chi connectivity index (χ0v) is 21.6. The van der Waals surface area contributed by atoms with E-state index in [0.29, 0.717) is 5.56 Å². The first-order chi connectivity index (χ1) is 19.8. The van der Waals surface area contributed by atoms with Crippen molar-refractivity contribution in [2.45, 2.75) is 0 Å². The van der Waals surface area contributed by atoms with Crippen LogP contribution < -0.4 is 0 Å². The Morgan fingerprint density at radius 2 is 0.875 bits per heavy atom. The summed E-state index contributed by atoms with van der Waals surface area (Å²) in [5, 5.41) is 15.0. The first-order valence-corrected chi connectivity index (χ1v) is 13.4. The lowest BCUT2D eigenvalue weighted by Crippen LogP contribution is -1.97. The molecule has 0 saturated carbocycles. The number of fused-ring (bicyclic) bond motifs is 6. The van der Waals surface area contributed by atoms with Gasteiger partial charge in [0.2, 0.25) is 0 Å². The molecule has 0 aliphatic rings. The van der Waals surface area contributed by atoms with E-state index in [0.717, 1.165) is 33.5 Å². The molecule has 6 aromatic carbocycles. The van der Waals surface area contributed by atoms with Gasteiger partial charge in [-0.2, -0.15) is 5.26 Å². The van der Waals surface area contributed by atoms with Crippen LogP contribution in [0.4, 0.5) is 0 Å². The average Bonchev–Trinajstić information content (AvgIpc) is 3.54. The number of para-hydroxylation sites is 4. The third kappa shape index (κ3) is 3.24. The summed E-state index contributed by atoms with van der Waals surface area (Å²) < 4.78 is 4.61. The van der Waals surface area contributed by atoms with Crippen LogP contribution in [0, 0.1) is 11.3 Å². The van der Waals surface area contributed by atoms with Crippen molar-refractivity contribution in [2.24, 2.45) is 0 Å². The molecule has 3 nitrogen and oxygen atoms in total. The summed E-state index contributed by atoms with van der Waals surface area (Å²) in [6.07, 6.45) is 0. The topological polar surface area (TPSA) is 33.6 Å². The van der Waals surface area contributed by atoms with Crippen LogP contribution in [0.2, 0.25) is 0 Å². The molecule has 0 unspecified atom stereocenters. The van der Waals surface area contributed by atoms with Gasteiger partial charge in [0.25, 0.3) is 0 Å². The molecule has 0 atom stereocenters. The maximum atomic E-state index is 10.1. The van der Waals surface area contributed by atoms with Crippen LogP contribution in [-0.4, -0.2) is 9.13 Å². The lowest BCUT2D eigenvalue weighted by molar-refractivity contribution is 1.17. The molecule has 0 bridgehead atoms. The second-order valence-electron chi connectivity index (χ2n) is 10.1. The van der Waals surface area contributed by atoms with Crippen LogP contribution in [0.5, 0.6) is 0 Å². The lowest BCUT2D eigenvalue weighted by Gasteiger charge is -2.14. The van der Waals surface area contributed by atoms with Gasteiger partial charge in [-0.1, -0.05) is 84.9 Å². The minimum Gasteiger partial charge on any atom is -0.309 e. The van der Waals surface area contributed by atoms with Crippen molar-refractivity contribution in [3.63, 3.8) is 0 Å². The van der Waals surface area contributed by atoms with Crippen molar-refractivity contribution in [2.75, 3.05) is 0 Å². The number of benzene rings is 6. The molecular formula is C37H23N3. The van der Waals surface area contributed by atoms with E-state index >= 15 is 0 Å². The summed E-state index contributed by atoms with van der Waals surface area (Å²) in [6, 6.07) is 51.2. The summed E-state index contributed by atoms with van der Waals surface area (Å²) in [5.41, 5.74) is 9.33. The zero-order valence-electron chi connectivity index (χ0n) is 21.6. The van der Waals surface area contributed by atoms with E-state index in [4.69, 9.17) is 0 Å². The molecule has 0 aliphatic carbocycles. The SMILES string of the molecule is N#Cc1ccc(-n2c3ccccc3c3ccccc32)cc1-c1cccc(-n2c3ccccc3c3ccccc32)c1. The van der Waals surface area contributed by atoms with Crippen molar-refractivity contribution in [3.05, 3.63) is 145 Å². The molecule has 0 spiro atoms. The highest BCUT2D eigenvalue weighted by Gasteiger charge is 2.16. The monoisotopic (exact) mass is 509 g/mol. The molecule has 3 heteroatoms. The first-order valence-electron chi connectivity index (χ1n) is 13.4. The molecule has 0 N–H and O–H groups in total. The summed E-state index contributed by atoms with van der Waals surface area (Å²) in [5.74, 6) is 0. The van der Waals surface area contributed by atoms with Crippen LogP contribution >= 0.6 is 0 Å². The van der Waals surface area contributed by atoms with Gasteiger partial charge in [-0.15, -0.1) is 0 Å². The van der Waals surface area contributed by atoms with E-state index < -0.39 is 0 Å². The number of aromatic nitrogens is 2. The second-order valence-corrected chi connectivity index (χ2v) is 10.1. The molecule has 2 heterocycles. The summed E-state index contributed by atoms with van der Waals surface area (Å²) >= 11 is 0. The summed E-state index contributed by atoms with van der Waals surface area (Å²) in [4.78, 5) is 0. The Labute approximate surface area is 231 Å². The average molecular weight is 510 g/mol. The normalized spacial score (nSPS) is 11.5. The van der Waals surface area contributed by atoms with Crippen LogP contribution in [0.15, 0.2) is 140 Å². The molecule has 0 aliphatic heterocycles. The third-order valence-corrected chi connectivity index (χ3v) is 7.96. The Hall–Kier alpha value is -5.59. The van der Waals surface area contributed by atoms with Gasteiger partial charge in [0, 0.05) is 38.5 Å². The van der Waals surface area contributed by atoms with Gasteiger partial charge in [-0.25, -0.2) is 0 Å². The van der Waals surface area contributed by atoms with Gasteiger partial charge < -0.3 is 9.13 Å². The lowest BCUT2D eigenvalue weighted by atomic mass is 9.99. The van der Waals surface area contributed by atoms with Crippen LogP contribution in [0.3, 0.4) is 0 Å². The second kappa shape index (κ2) is 8.73. The first kappa shape index (κ1) is 22.4.